The van der Waals surface area contributed by atoms with E-state index in [-0.39, 0.29) is 22.7 Å². The van der Waals surface area contributed by atoms with Gasteiger partial charge in [-0.05, 0) is 43.4 Å². The summed E-state index contributed by atoms with van der Waals surface area (Å²) in [5.74, 6) is -0.0141. The number of aryl methyl sites for hydroxylation is 1. The van der Waals surface area contributed by atoms with Crippen molar-refractivity contribution < 1.29 is 5.11 Å². The average Bonchev–Trinajstić information content (AvgIpc) is 3.06. The number of aliphatic hydroxyl groups is 1. The summed E-state index contributed by atoms with van der Waals surface area (Å²) in [7, 11) is 0. The van der Waals surface area contributed by atoms with Crippen LogP contribution in [0.3, 0.4) is 0 Å². The average molecular weight is 349 g/mol. The molecule has 3 aromatic rings. The maximum absolute atomic E-state index is 12.3. The van der Waals surface area contributed by atoms with Crippen LogP contribution in [0.5, 0.6) is 0 Å². The van der Waals surface area contributed by atoms with Gasteiger partial charge >= 0.3 is 0 Å². The molecule has 2 heterocycles. The van der Waals surface area contributed by atoms with Gasteiger partial charge in [0.1, 0.15) is 17.4 Å². The molecule has 0 fully saturated rings. The number of aliphatic hydroxyl groups excluding tert-OH is 1. The zero-order chi connectivity index (χ0) is 17.4. The predicted octanol–water partition coefficient (Wildman–Crippen LogP) is 3.81. The Morgan fingerprint density at radius 2 is 2.08 bits per heavy atom. The molecule has 0 amide bonds. The van der Waals surface area contributed by atoms with Gasteiger partial charge in [0.2, 0.25) is 0 Å². The van der Waals surface area contributed by atoms with Crippen molar-refractivity contribution >= 4 is 33.6 Å². The van der Waals surface area contributed by atoms with Gasteiger partial charge in [-0.3, -0.25) is 4.79 Å². The zero-order valence-electron chi connectivity index (χ0n) is 13.4. The lowest BCUT2D eigenvalue weighted by atomic mass is 9.94. The summed E-state index contributed by atoms with van der Waals surface area (Å²) in [4.78, 5) is 20.5. The van der Waals surface area contributed by atoms with Crippen LogP contribution in [0.1, 0.15) is 34.7 Å². The molecule has 0 saturated carbocycles. The Morgan fingerprint density at radius 3 is 2.92 bits per heavy atom. The lowest BCUT2D eigenvalue weighted by molar-refractivity contribution is 0.512. The molecule has 25 heavy (non-hydrogen) atoms. The second-order valence-corrected chi connectivity index (χ2v) is 6.99. The molecule has 0 spiro atoms. The normalized spacial score (nSPS) is 14.7. The smallest absolute Gasteiger partial charge is 0.259 e. The molecule has 1 aliphatic rings. The van der Waals surface area contributed by atoms with Crippen molar-refractivity contribution in [2.75, 3.05) is 0 Å². The number of nitriles is 1. The number of rotatable bonds is 2. The molecule has 0 radical (unpaired) electrons. The highest BCUT2D eigenvalue weighted by molar-refractivity contribution is 7.10. The van der Waals surface area contributed by atoms with E-state index >= 15 is 0 Å². The largest absolute Gasteiger partial charge is 0.506 e. The van der Waals surface area contributed by atoms with E-state index in [9.17, 15) is 15.2 Å². The second-order valence-electron chi connectivity index (χ2n) is 6.03. The number of nitrogens with one attached hydrogen (secondary N) is 1. The maximum atomic E-state index is 12.3. The fraction of sp³-hybridized carbons (Fsp3) is 0.211. The highest BCUT2D eigenvalue weighted by Crippen LogP contribution is 2.35. The first-order valence-electron chi connectivity index (χ1n) is 8.11. The number of fused-ring (bicyclic) bond motifs is 2. The minimum absolute atomic E-state index is 0.00553. The van der Waals surface area contributed by atoms with Crippen molar-refractivity contribution in [2.24, 2.45) is 0 Å². The Labute approximate surface area is 147 Å². The number of H-pyrrole nitrogens is 1. The Balaban J connectivity index is 1.90. The third-order valence-electron chi connectivity index (χ3n) is 4.51. The minimum atomic E-state index is -0.325. The summed E-state index contributed by atoms with van der Waals surface area (Å²) in [5.41, 5.74) is 1.97. The Bertz CT molecular complexity index is 1100. The van der Waals surface area contributed by atoms with Crippen molar-refractivity contribution in [1.29, 1.82) is 5.26 Å². The Hall–Kier alpha value is -2.91. The first-order chi connectivity index (χ1) is 12.2. The molecule has 124 valence electrons. The summed E-state index contributed by atoms with van der Waals surface area (Å²) < 4.78 is 0. The molecular weight excluding hydrogens is 334 g/mol. The van der Waals surface area contributed by atoms with Crippen LogP contribution in [-0.4, -0.2) is 15.1 Å². The van der Waals surface area contributed by atoms with Gasteiger partial charge in [0.25, 0.3) is 5.56 Å². The van der Waals surface area contributed by atoms with E-state index in [4.69, 9.17) is 0 Å². The number of hydrogen-bond donors (Lipinski definition) is 2. The van der Waals surface area contributed by atoms with E-state index in [1.54, 1.807) is 35.6 Å². The van der Waals surface area contributed by atoms with Gasteiger partial charge in [-0.25, -0.2) is 4.98 Å². The summed E-state index contributed by atoms with van der Waals surface area (Å²) in [6.45, 7) is 0. The van der Waals surface area contributed by atoms with Crippen molar-refractivity contribution in [3.63, 3.8) is 0 Å². The molecule has 5 nitrogen and oxygen atoms in total. The number of benzene rings is 1. The van der Waals surface area contributed by atoms with Crippen LogP contribution in [0.25, 0.3) is 22.2 Å². The van der Waals surface area contributed by atoms with E-state index in [0.29, 0.717) is 16.5 Å². The minimum Gasteiger partial charge on any atom is -0.506 e. The van der Waals surface area contributed by atoms with Gasteiger partial charge in [-0.1, -0.05) is 12.1 Å². The number of allylic oxidation sites excluding steroid dienone is 1. The van der Waals surface area contributed by atoms with Crippen molar-refractivity contribution in [3.8, 4) is 6.07 Å². The SMILES string of the molecule is N#C/C(=C(/O)c1csc2c1CCCC2)c1nc2ccccc2c(=O)[nH]1. The molecule has 6 heteroatoms. The standard InChI is InChI=1S/C19H15N3O2S/c20-9-13(17(23)14-10-25-16-8-4-2-5-11(14)16)18-21-15-7-3-1-6-12(15)19(24)22-18/h1,3,6-7,10,23H,2,4-5,8H2,(H,21,22,24)/b17-13-. The van der Waals surface area contributed by atoms with Gasteiger partial charge in [0.15, 0.2) is 5.82 Å². The molecule has 1 aromatic carbocycles. The molecule has 0 bridgehead atoms. The molecule has 1 aliphatic carbocycles. The van der Waals surface area contributed by atoms with E-state index in [2.05, 4.69) is 9.97 Å². The van der Waals surface area contributed by atoms with Crippen LogP contribution in [-0.2, 0) is 12.8 Å². The number of thiophene rings is 1. The third-order valence-corrected chi connectivity index (χ3v) is 5.60. The lowest BCUT2D eigenvalue weighted by Crippen LogP contribution is -2.12. The topological polar surface area (TPSA) is 89.8 Å². The summed E-state index contributed by atoms with van der Waals surface area (Å²) in [6, 6.07) is 8.94. The first kappa shape index (κ1) is 15.6. The van der Waals surface area contributed by atoms with Gasteiger partial charge in [-0.2, -0.15) is 5.26 Å². The van der Waals surface area contributed by atoms with Crippen LogP contribution < -0.4 is 5.56 Å². The van der Waals surface area contributed by atoms with Crippen LogP contribution in [0.2, 0.25) is 0 Å². The number of para-hydroxylation sites is 1. The van der Waals surface area contributed by atoms with Crippen molar-refractivity contribution in [2.45, 2.75) is 25.7 Å². The highest BCUT2D eigenvalue weighted by Gasteiger charge is 2.21. The third kappa shape index (κ3) is 2.63. The number of hydrogen-bond acceptors (Lipinski definition) is 5. The molecular formula is C19H15N3O2S. The molecule has 0 aliphatic heterocycles. The van der Waals surface area contributed by atoms with Gasteiger partial charge in [0, 0.05) is 15.8 Å². The molecule has 0 saturated heterocycles. The molecule has 0 atom stereocenters. The lowest BCUT2D eigenvalue weighted by Gasteiger charge is -2.13. The number of nitrogens with zero attached hydrogens (tertiary/aromatic N) is 2. The van der Waals surface area contributed by atoms with E-state index in [1.165, 1.54) is 4.88 Å². The predicted molar refractivity (Wildman–Crippen MR) is 98.4 cm³/mol. The zero-order valence-corrected chi connectivity index (χ0v) is 14.2. The highest BCUT2D eigenvalue weighted by atomic mass is 32.1. The van der Waals surface area contributed by atoms with Gasteiger partial charge < -0.3 is 10.1 Å². The number of aromatic nitrogens is 2. The van der Waals surface area contributed by atoms with E-state index in [1.807, 2.05) is 11.4 Å². The fourth-order valence-electron chi connectivity index (χ4n) is 3.25. The fourth-order valence-corrected chi connectivity index (χ4v) is 4.38. The van der Waals surface area contributed by atoms with E-state index in [0.717, 1.165) is 31.2 Å². The quantitative estimate of drug-likeness (QED) is 0.544. The molecule has 4 rings (SSSR count). The van der Waals surface area contributed by atoms with Crippen LogP contribution >= 0.6 is 11.3 Å². The first-order valence-corrected chi connectivity index (χ1v) is 8.99. The van der Waals surface area contributed by atoms with Gasteiger partial charge in [-0.15, -0.1) is 11.3 Å². The Morgan fingerprint density at radius 1 is 1.28 bits per heavy atom. The molecule has 0 unspecified atom stereocenters. The van der Waals surface area contributed by atoms with Gasteiger partial charge in [0.05, 0.1) is 10.9 Å². The monoisotopic (exact) mass is 349 g/mol. The second kappa shape index (κ2) is 6.19. The molecule has 2 aromatic heterocycles. The van der Waals surface area contributed by atoms with E-state index < -0.39 is 0 Å². The molecule has 2 N–H and O–H groups in total. The summed E-state index contributed by atoms with van der Waals surface area (Å²) in [6.07, 6.45) is 4.15. The van der Waals surface area contributed by atoms with Crippen LogP contribution in [0, 0.1) is 11.3 Å². The number of aromatic amines is 1. The van der Waals surface area contributed by atoms with Crippen LogP contribution in [0.4, 0.5) is 0 Å². The van der Waals surface area contributed by atoms with Crippen molar-refractivity contribution in [1.82, 2.24) is 9.97 Å². The summed E-state index contributed by atoms with van der Waals surface area (Å²) in [5, 5.41) is 22.7. The van der Waals surface area contributed by atoms with Crippen LogP contribution in [0.15, 0.2) is 34.4 Å². The maximum Gasteiger partial charge on any atom is 0.259 e. The Kier molecular flexibility index (Phi) is 3.86. The van der Waals surface area contributed by atoms with Crippen molar-refractivity contribution in [3.05, 3.63) is 61.8 Å². The summed E-state index contributed by atoms with van der Waals surface area (Å²) >= 11 is 1.61.